The van der Waals surface area contributed by atoms with Crippen molar-refractivity contribution >= 4 is 43.4 Å². The quantitative estimate of drug-likeness (QED) is 0.402. The van der Waals surface area contributed by atoms with Gasteiger partial charge in [0.2, 0.25) is 0 Å². The average molecular weight is 497 g/mol. The smallest absolute Gasteiger partial charge is 0.416 e. The van der Waals surface area contributed by atoms with E-state index in [1.807, 2.05) is 13.0 Å². The molecule has 1 atom stereocenters. The third kappa shape index (κ3) is 5.57. The zero-order chi connectivity index (χ0) is 23.7. The van der Waals surface area contributed by atoms with Gasteiger partial charge in [-0.15, -0.1) is 0 Å². The Balaban J connectivity index is 1.59. The average Bonchev–Trinajstić information content (AvgIpc) is 3.10. The van der Waals surface area contributed by atoms with Crippen LogP contribution in [0.5, 0.6) is 5.75 Å². The predicted molar refractivity (Wildman–Crippen MR) is 131 cm³/mol. The lowest BCUT2D eigenvalue weighted by atomic mass is 10.1. The van der Waals surface area contributed by atoms with Gasteiger partial charge in [0, 0.05) is 10.6 Å². The lowest BCUT2D eigenvalue weighted by molar-refractivity contribution is 0.0996. The van der Waals surface area contributed by atoms with Crippen LogP contribution >= 0.6 is 23.2 Å². The fourth-order valence-corrected chi connectivity index (χ4v) is 4.45. The highest BCUT2D eigenvalue weighted by Crippen LogP contribution is 2.37. The summed E-state index contributed by atoms with van der Waals surface area (Å²) in [4.78, 5) is 18.2. The van der Waals surface area contributed by atoms with E-state index >= 15 is 0 Å². The molecule has 1 saturated heterocycles. The van der Waals surface area contributed by atoms with Crippen molar-refractivity contribution in [1.29, 1.82) is 0 Å². The first-order chi connectivity index (χ1) is 14.9. The van der Waals surface area contributed by atoms with E-state index in [4.69, 9.17) is 37.1 Å². The number of rotatable bonds is 7. The molecule has 1 aliphatic rings. The topological polar surface area (TPSA) is 60.9 Å². The Morgan fingerprint density at radius 2 is 1.94 bits per heavy atom. The fourth-order valence-electron chi connectivity index (χ4n) is 2.93. The number of aromatic nitrogens is 1. The van der Waals surface area contributed by atoms with Gasteiger partial charge in [-0.1, -0.05) is 50.0 Å². The number of carbonyl (C=O) groups excluding carboxylic acids is 1. The molecule has 1 aromatic heterocycles. The van der Waals surface area contributed by atoms with E-state index < -0.39 is 14.4 Å². The number of benzene rings is 1. The number of anilines is 1. The summed E-state index contributed by atoms with van der Waals surface area (Å²) in [5.74, 6) is 1.05. The van der Waals surface area contributed by atoms with Gasteiger partial charge in [0.05, 0.1) is 24.4 Å². The highest BCUT2D eigenvalue weighted by molar-refractivity contribution is 6.74. The van der Waals surface area contributed by atoms with E-state index in [2.05, 4.69) is 38.8 Å². The number of pyridine rings is 1. The van der Waals surface area contributed by atoms with Gasteiger partial charge in [-0.2, -0.15) is 0 Å². The maximum atomic E-state index is 12.4. The van der Waals surface area contributed by atoms with Gasteiger partial charge in [-0.3, -0.25) is 4.90 Å². The molecule has 32 heavy (non-hydrogen) atoms. The Morgan fingerprint density at radius 3 is 2.56 bits per heavy atom. The minimum absolute atomic E-state index is 0.0968. The van der Waals surface area contributed by atoms with E-state index in [1.54, 1.807) is 24.4 Å². The molecule has 2 aromatic rings. The van der Waals surface area contributed by atoms with Crippen LogP contribution in [0.3, 0.4) is 0 Å². The molecule has 9 heteroatoms. The zero-order valence-electron chi connectivity index (χ0n) is 19.4. The summed E-state index contributed by atoms with van der Waals surface area (Å²) in [7, 11) is -1.91. The Hall–Kier alpha value is -1.80. The van der Waals surface area contributed by atoms with Crippen LogP contribution in [0.25, 0.3) is 0 Å². The number of cyclic esters (lactones) is 1. The minimum Gasteiger partial charge on any atom is -0.487 e. The van der Waals surface area contributed by atoms with Crippen molar-refractivity contribution in [1.82, 2.24) is 4.98 Å². The molecule has 1 unspecified atom stereocenters. The summed E-state index contributed by atoms with van der Waals surface area (Å²) in [5.41, 5.74) is 1.66. The predicted octanol–water partition coefficient (Wildman–Crippen LogP) is 6.62. The molecule has 0 radical (unpaired) electrons. The summed E-state index contributed by atoms with van der Waals surface area (Å²) in [5, 5.41) is 1.24. The van der Waals surface area contributed by atoms with Crippen LogP contribution in [0, 0.1) is 6.92 Å². The highest BCUT2D eigenvalue weighted by atomic mass is 35.5. The minimum atomic E-state index is -1.91. The van der Waals surface area contributed by atoms with Crippen molar-refractivity contribution in [2.75, 3.05) is 18.1 Å². The molecule has 0 N–H and O–H groups in total. The number of amides is 1. The monoisotopic (exact) mass is 496 g/mol. The van der Waals surface area contributed by atoms with Gasteiger partial charge in [-0.05, 0) is 48.8 Å². The SMILES string of the molecule is Cc1ccc(Cl)c(COc2ccc(N3CC(CO[Si](C)(C)C(C)(C)C)OC3=O)nc2)c1Cl. The molecule has 6 nitrogen and oxygen atoms in total. The molecule has 0 bridgehead atoms. The number of hydrogen-bond acceptors (Lipinski definition) is 5. The van der Waals surface area contributed by atoms with Gasteiger partial charge < -0.3 is 13.9 Å². The fraction of sp³-hybridized carbons (Fsp3) is 0.478. The highest BCUT2D eigenvalue weighted by Gasteiger charge is 2.40. The summed E-state index contributed by atoms with van der Waals surface area (Å²) >= 11 is 12.6. The van der Waals surface area contributed by atoms with Crippen LogP contribution in [0.15, 0.2) is 30.5 Å². The Labute approximate surface area is 200 Å². The van der Waals surface area contributed by atoms with E-state index in [1.165, 1.54) is 4.90 Å². The molecule has 1 aromatic carbocycles. The van der Waals surface area contributed by atoms with Gasteiger partial charge in [0.1, 0.15) is 24.3 Å². The molecule has 1 amide bonds. The second-order valence-electron chi connectivity index (χ2n) is 9.49. The van der Waals surface area contributed by atoms with E-state index in [0.29, 0.717) is 34.8 Å². The van der Waals surface area contributed by atoms with Gasteiger partial charge in [-0.25, -0.2) is 9.78 Å². The summed E-state index contributed by atoms with van der Waals surface area (Å²) in [6.07, 6.45) is 0.827. The van der Waals surface area contributed by atoms with Crippen LogP contribution in [-0.2, 0) is 15.8 Å². The Morgan fingerprint density at radius 1 is 1.22 bits per heavy atom. The normalized spacial score (nSPS) is 16.9. The van der Waals surface area contributed by atoms with Crippen LogP contribution < -0.4 is 9.64 Å². The maximum Gasteiger partial charge on any atom is 0.416 e. The number of hydrogen-bond donors (Lipinski definition) is 0. The molecule has 3 rings (SSSR count). The second kappa shape index (κ2) is 9.59. The van der Waals surface area contributed by atoms with Gasteiger partial charge in [0.25, 0.3) is 0 Å². The molecule has 174 valence electrons. The molecule has 0 aliphatic carbocycles. The zero-order valence-corrected chi connectivity index (χ0v) is 21.9. The van der Waals surface area contributed by atoms with Gasteiger partial charge in [0.15, 0.2) is 8.32 Å². The van der Waals surface area contributed by atoms with Crippen molar-refractivity contribution in [3.63, 3.8) is 0 Å². The summed E-state index contributed by atoms with van der Waals surface area (Å²) < 4.78 is 17.5. The van der Waals surface area contributed by atoms with E-state index in [9.17, 15) is 4.79 Å². The molecule has 1 aliphatic heterocycles. The van der Waals surface area contributed by atoms with Crippen molar-refractivity contribution < 1.29 is 18.7 Å². The van der Waals surface area contributed by atoms with Crippen LogP contribution in [0.2, 0.25) is 28.2 Å². The van der Waals surface area contributed by atoms with E-state index in [0.717, 1.165) is 11.1 Å². The Bertz CT molecular complexity index is 977. The number of nitrogens with zero attached hydrogens (tertiary/aromatic N) is 2. The molecule has 2 heterocycles. The van der Waals surface area contributed by atoms with E-state index in [-0.39, 0.29) is 17.7 Å². The summed E-state index contributed by atoms with van der Waals surface area (Å²) in [6.45, 7) is 13.8. The standard InChI is InChI=1S/C23H30Cl2N2O4Si/c1-15-7-9-19(24)18(21(15)25)14-29-16-8-10-20(26-11-16)27-12-17(31-22(27)28)13-30-32(5,6)23(2,3)4/h7-11,17H,12-14H2,1-6H3. The number of ether oxygens (including phenoxy) is 2. The third-order valence-corrected chi connectivity index (χ3v) is 11.5. The third-order valence-electron chi connectivity index (χ3n) is 6.07. The lowest BCUT2D eigenvalue weighted by Gasteiger charge is -2.36. The van der Waals surface area contributed by atoms with Crippen molar-refractivity contribution in [3.8, 4) is 5.75 Å². The Kier molecular flexibility index (Phi) is 7.44. The molecule has 0 saturated carbocycles. The molecule has 0 spiro atoms. The van der Waals surface area contributed by atoms with Crippen LogP contribution in [0.1, 0.15) is 31.9 Å². The number of carbonyl (C=O) groups is 1. The largest absolute Gasteiger partial charge is 0.487 e. The summed E-state index contributed by atoms with van der Waals surface area (Å²) in [6, 6.07) is 7.15. The molecule has 1 fully saturated rings. The number of aryl methyl sites for hydroxylation is 1. The first-order valence-corrected chi connectivity index (χ1v) is 14.2. The molecular weight excluding hydrogens is 467 g/mol. The van der Waals surface area contributed by atoms with Gasteiger partial charge >= 0.3 is 6.09 Å². The second-order valence-corrected chi connectivity index (χ2v) is 15.1. The first-order valence-electron chi connectivity index (χ1n) is 10.5. The van der Waals surface area contributed by atoms with Crippen LogP contribution in [-0.4, -0.2) is 38.7 Å². The number of halogens is 2. The first kappa shape index (κ1) is 24.8. The molecular formula is C23H30Cl2N2O4Si. The lowest BCUT2D eigenvalue weighted by Crippen LogP contribution is -2.43. The van der Waals surface area contributed by atoms with Crippen molar-refractivity contribution in [3.05, 3.63) is 51.6 Å². The van der Waals surface area contributed by atoms with Crippen molar-refractivity contribution in [2.45, 2.75) is 58.5 Å². The maximum absolute atomic E-state index is 12.4. The van der Waals surface area contributed by atoms with Crippen molar-refractivity contribution in [2.24, 2.45) is 0 Å². The van der Waals surface area contributed by atoms with Crippen LogP contribution in [0.4, 0.5) is 10.6 Å².